The average Bonchev–Trinajstić information content (AvgIpc) is 3.27. The third kappa shape index (κ3) is 3.10. The maximum atomic E-state index is 13.2. The summed E-state index contributed by atoms with van der Waals surface area (Å²) in [6.45, 7) is 6.74. The van der Waals surface area contributed by atoms with E-state index in [9.17, 15) is 9.59 Å². The van der Waals surface area contributed by atoms with Crippen molar-refractivity contribution in [3.63, 3.8) is 0 Å². The van der Waals surface area contributed by atoms with Gasteiger partial charge >= 0.3 is 0 Å². The minimum absolute atomic E-state index is 0.0262. The number of hydrogen-bond acceptors (Lipinski definition) is 6. The highest BCUT2D eigenvalue weighted by molar-refractivity contribution is 6.06. The lowest BCUT2D eigenvalue weighted by Gasteiger charge is -2.31. The number of rotatable bonds is 4. The van der Waals surface area contributed by atoms with Crippen LogP contribution in [-0.4, -0.2) is 52.5 Å². The van der Waals surface area contributed by atoms with Crippen molar-refractivity contribution in [3.8, 4) is 0 Å². The van der Waals surface area contributed by atoms with Gasteiger partial charge in [-0.2, -0.15) is 5.10 Å². The van der Waals surface area contributed by atoms with Gasteiger partial charge in [0.05, 0.1) is 25.0 Å². The molecule has 3 heterocycles. The third-order valence-electron chi connectivity index (χ3n) is 6.08. The molecule has 3 aromatic rings. The van der Waals surface area contributed by atoms with Crippen LogP contribution in [0, 0.1) is 5.41 Å². The molecule has 0 N–H and O–H groups in total. The van der Waals surface area contributed by atoms with Crippen LogP contribution in [0.15, 0.2) is 36.8 Å². The lowest BCUT2D eigenvalue weighted by molar-refractivity contribution is 0.0863. The number of Topliss-reactive ketones (excluding diaryl/α,β-unsaturated/α-hetero) is 2. The first-order chi connectivity index (χ1) is 14.4. The Morgan fingerprint density at radius 3 is 2.83 bits per heavy atom. The number of carbonyl (C=O) groups is 2. The minimum atomic E-state index is -0.403. The zero-order chi connectivity index (χ0) is 20.9. The molecule has 30 heavy (non-hydrogen) atoms. The second kappa shape index (κ2) is 7.02. The molecule has 0 atom stereocenters. The van der Waals surface area contributed by atoms with E-state index in [0.717, 1.165) is 35.5 Å². The van der Waals surface area contributed by atoms with E-state index in [-0.39, 0.29) is 18.0 Å². The van der Waals surface area contributed by atoms with Crippen LogP contribution in [0.2, 0.25) is 0 Å². The highest BCUT2D eigenvalue weighted by atomic mass is 16.5. The topological polar surface area (TPSA) is 76.8 Å². The van der Waals surface area contributed by atoms with Crippen LogP contribution in [0.5, 0.6) is 0 Å². The number of hydrogen-bond donors (Lipinski definition) is 0. The summed E-state index contributed by atoms with van der Waals surface area (Å²) in [6.07, 6.45) is 5.97. The molecule has 0 unspecified atom stereocenters. The molecule has 0 bridgehead atoms. The van der Waals surface area contributed by atoms with Gasteiger partial charge in [-0.1, -0.05) is 19.9 Å². The molecule has 7 nitrogen and oxygen atoms in total. The number of ether oxygens (including phenoxy) is 1. The summed E-state index contributed by atoms with van der Waals surface area (Å²) >= 11 is 0. The molecule has 0 spiro atoms. The van der Waals surface area contributed by atoms with Crippen molar-refractivity contribution in [2.45, 2.75) is 26.7 Å². The summed E-state index contributed by atoms with van der Waals surface area (Å²) in [4.78, 5) is 32.6. The number of benzene rings is 1. The molecule has 1 aliphatic carbocycles. The molecule has 1 saturated heterocycles. The van der Waals surface area contributed by atoms with E-state index in [4.69, 9.17) is 4.74 Å². The second-order valence-corrected chi connectivity index (χ2v) is 8.67. The number of nitrogens with zero attached hydrogens (tertiary/aromatic N) is 4. The van der Waals surface area contributed by atoms with Crippen LogP contribution in [0.3, 0.4) is 0 Å². The fraction of sp³-hybridized carbons (Fsp3) is 0.391. The number of fused-ring (bicyclic) bond motifs is 2. The predicted molar refractivity (Wildman–Crippen MR) is 112 cm³/mol. The highest BCUT2D eigenvalue weighted by Gasteiger charge is 2.38. The molecule has 1 aromatic carbocycles. The third-order valence-corrected chi connectivity index (χ3v) is 6.08. The molecule has 2 aliphatic rings. The van der Waals surface area contributed by atoms with Crippen molar-refractivity contribution in [1.29, 1.82) is 0 Å². The van der Waals surface area contributed by atoms with E-state index in [1.807, 2.05) is 19.9 Å². The zero-order valence-corrected chi connectivity index (χ0v) is 17.2. The number of aromatic nitrogens is 3. The maximum Gasteiger partial charge on any atom is 0.172 e. The normalized spacial score (nSPS) is 18.1. The molecule has 0 amide bonds. The van der Waals surface area contributed by atoms with Crippen LogP contribution in [0.25, 0.3) is 5.65 Å². The SMILES string of the molecule is CC1(C)Cc2cc(CC(=O)c3cnn4cccnc34)c(N3CCOCC3)cc2C1=O. The van der Waals surface area contributed by atoms with Crippen LogP contribution >= 0.6 is 0 Å². The first kappa shape index (κ1) is 18.9. The first-order valence-electron chi connectivity index (χ1n) is 10.3. The summed E-state index contributed by atoms with van der Waals surface area (Å²) in [5.41, 5.74) is 4.40. The summed E-state index contributed by atoms with van der Waals surface area (Å²) in [6, 6.07) is 5.84. The number of morpholine rings is 1. The van der Waals surface area contributed by atoms with Gasteiger partial charge in [0.15, 0.2) is 17.2 Å². The minimum Gasteiger partial charge on any atom is -0.378 e. The van der Waals surface area contributed by atoms with Gasteiger partial charge in [0.2, 0.25) is 0 Å². The van der Waals surface area contributed by atoms with Gasteiger partial charge in [0, 0.05) is 48.6 Å². The van der Waals surface area contributed by atoms with Crippen molar-refractivity contribution in [3.05, 3.63) is 59.0 Å². The Morgan fingerprint density at radius 2 is 2.03 bits per heavy atom. The van der Waals surface area contributed by atoms with Gasteiger partial charge in [0.1, 0.15) is 0 Å². The number of anilines is 1. The van der Waals surface area contributed by atoms with E-state index in [1.54, 1.807) is 29.2 Å². The molecular formula is C23H24N4O3. The quantitative estimate of drug-likeness (QED) is 0.623. The number of ketones is 2. The van der Waals surface area contributed by atoms with Crippen LogP contribution in [-0.2, 0) is 17.6 Å². The molecule has 5 rings (SSSR count). The van der Waals surface area contributed by atoms with Crippen LogP contribution in [0.1, 0.15) is 45.7 Å². The van der Waals surface area contributed by atoms with Gasteiger partial charge in [-0.3, -0.25) is 9.59 Å². The maximum absolute atomic E-state index is 13.2. The van der Waals surface area contributed by atoms with Gasteiger partial charge in [-0.15, -0.1) is 0 Å². The summed E-state index contributed by atoms with van der Waals surface area (Å²) in [5, 5.41) is 4.24. The lowest BCUT2D eigenvalue weighted by atomic mass is 9.89. The van der Waals surface area contributed by atoms with Crippen molar-refractivity contribution in [2.75, 3.05) is 31.2 Å². The molecule has 2 aromatic heterocycles. The Hall–Kier alpha value is -3.06. The van der Waals surface area contributed by atoms with Gasteiger partial charge in [-0.05, 0) is 29.7 Å². The van der Waals surface area contributed by atoms with E-state index in [0.29, 0.717) is 30.8 Å². The Labute approximate surface area is 174 Å². The van der Waals surface area contributed by atoms with Crippen molar-refractivity contribution >= 4 is 22.9 Å². The average molecular weight is 404 g/mol. The van der Waals surface area contributed by atoms with Gasteiger partial charge < -0.3 is 9.64 Å². The lowest BCUT2D eigenvalue weighted by Crippen LogP contribution is -2.37. The molecule has 7 heteroatoms. The Morgan fingerprint density at radius 1 is 1.23 bits per heavy atom. The molecule has 0 radical (unpaired) electrons. The molecule has 154 valence electrons. The largest absolute Gasteiger partial charge is 0.378 e. The molecule has 1 fully saturated rings. The zero-order valence-electron chi connectivity index (χ0n) is 17.2. The van der Waals surface area contributed by atoms with Crippen LogP contribution < -0.4 is 4.90 Å². The fourth-order valence-electron chi connectivity index (χ4n) is 4.50. The summed E-state index contributed by atoms with van der Waals surface area (Å²) in [7, 11) is 0. The van der Waals surface area contributed by atoms with Crippen molar-refractivity contribution in [2.24, 2.45) is 5.41 Å². The molecular weight excluding hydrogens is 380 g/mol. The van der Waals surface area contributed by atoms with Crippen molar-refractivity contribution in [1.82, 2.24) is 14.6 Å². The van der Waals surface area contributed by atoms with E-state index >= 15 is 0 Å². The second-order valence-electron chi connectivity index (χ2n) is 8.67. The van der Waals surface area contributed by atoms with E-state index in [1.165, 1.54) is 0 Å². The summed E-state index contributed by atoms with van der Waals surface area (Å²) < 4.78 is 7.11. The van der Waals surface area contributed by atoms with E-state index < -0.39 is 5.41 Å². The Kier molecular flexibility index (Phi) is 4.43. The monoisotopic (exact) mass is 404 g/mol. The Bertz CT molecular complexity index is 1160. The predicted octanol–water partition coefficient (Wildman–Crippen LogP) is 2.76. The molecule has 0 saturated carbocycles. The first-order valence-corrected chi connectivity index (χ1v) is 10.3. The Balaban J connectivity index is 1.55. The number of carbonyl (C=O) groups excluding carboxylic acids is 2. The molecule has 1 aliphatic heterocycles. The highest BCUT2D eigenvalue weighted by Crippen LogP contribution is 2.40. The van der Waals surface area contributed by atoms with Gasteiger partial charge in [0.25, 0.3) is 0 Å². The standard InChI is InChI=1S/C23H24N4O3/c1-23(2)13-16-10-15(11-20(28)18-14-25-27-5-3-4-24-22(18)27)19(12-17(16)21(23)29)26-6-8-30-9-7-26/h3-5,10,12,14H,6-9,11,13H2,1-2H3. The van der Waals surface area contributed by atoms with Gasteiger partial charge in [-0.25, -0.2) is 9.50 Å². The summed E-state index contributed by atoms with van der Waals surface area (Å²) in [5.74, 6) is 0.151. The smallest absolute Gasteiger partial charge is 0.172 e. The van der Waals surface area contributed by atoms with Crippen molar-refractivity contribution < 1.29 is 14.3 Å². The van der Waals surface area contributed by atoms with Crippen LogP contribution in [0.4, 0.5) is 5.69 Å². The van der Waals surface area contributed by atoms with E-state index in [2.05, 4.69) is 21.0 Å². The fourth-order valence-corrected chi connectivity index (χ4v) is 4.50.